The van der Waals surface area contributed by atoms with Crippen LogP contribution >= 0.6 is 0 Å². The van der Waals surface area contributed by atoms with Gasteiger partial charge in [0.1, 0.15) is 11.9 Å². The molecule has 0 saturated heterocycles. The summed E-state index contributed by atoms with van der Waals surface area (Å²) in [7, 11) is 0. The zero-order valence-electron chi connectivity index (χ0n) is 14.4. The van der Waals surface area contributed by atoms with Gasteiger partial charge in [0.15, 0.2) is 0 Å². The summed E-state index contributed by atoms with van der Waals surface area (Å²) in [6.45, 7) is 1.53. The van der Waals surface area contributed by atoms with Crippen LogP contribution in [0, 0.1) is 10.1 Å². The number of esters is 1. The fraction of sp³-hybridized carbons (Fsp3) is 0.300. The largest absolute Gasteiger partial charge is 0.457 e. The Bertz CT molecular complexity index is 831. The highest BCUT2D eigenvalue weighted by atomic mass is 16.6. The second-order valence-corrected chi connectivity index (χ2v) is 6.48. The number of hydrogen-bond acceptors (Lipinski definition) is 5. The number of non-ortho nitro benzene ring substituents is 1. The molecule has 26 heavy (non-hydrogen) atoms. The highest BCUT2D eigenvalue weighted by Gasteiger charge is 2.50. The van der Waals surface area contributed by atoms with Crippen LogP contribution in [0.1, 0.15) is 42.1 Å². The third-order valence-corrected chi connectivity index (χ3v) is 5.07. The second-order valence-electron chi connectivity index (χ2n) is 6.48. The molecule has 2 aromatic rings. The fourth-order valence-electron chi connectivity index (χ4n) is 3.72. The van der Waals surface area contributed by atoms with Crippen molar-refractivity contribution in [2.24, 2.45) is 0 Å². The molecular weight excluding hydrogens is 334 g/mol. The lowest BCUT2D eigenvalue weighted by molar-refractivity contribution is -0.384. The molecule has 0 N–H and O–H groups in total. The van der Waals surface area contributed by atoms with Gasteiger partial charge in [-0.3, -0.25) is 14.9 Å². The summed E-state index contributed by atoms with van der Waals surface area (Å²) in [5.41, 5.74) is 0.154. The Morgan fingerprint density at radius 3 is 2.35 bits per heavy atom. The highest BCUT2D eigenvalue weighted by Crippen LogP contribution is 2.44. The van der Waals surface area contributed by atoms with E-state index in [0.717, 1.165) is 12.0 Å². The molecule has 0 aliphatic heterocycles. The predicted octanol–water partition coefficient (Wildman–Crippen LogP) is 3.83. The third kappa shape index (κ3) is 3.10. The molecule has 2 atom stereocenters. The molecule has 1 saturated carbocycles. The molecule has 0 heterocycles. The Morgan fingerprint density at radius 1 is 1.12 bits per heavy atom. The number of carbonyl (C=O) groups excluding carboxylic acids is 2. The Morgan fingerprint density at radius 2 is 1.77 bits per heavy atom. The van der Waals surface area contributed by atoms with Gasteiger partial charge in [-0.05, 0) is 43.9 Å². The SMILES string of the molecule is CC(=O)[C@]1(c2ccccc2)CCC[C@H]1OC(=O)c1ccc([N+](=O)[O-])cc1. The van der Waals surface area contributed by atoms with Crippen molar-refractivity contribution in [3.05, 3.63) is 75.8 Å². The van der Waals surface area contributed by atoms with Gasteiger partial charge < -0.3 is 4.74 Å². The summed E-state index contributed by atoms with van der Waals surface area (Å²) in [5, 5.41) is 10.7. The topological polar surface area (TPSA) is 86.5 Å². The lowest BCUT2D eigenvalue weighted by Gasteiger charge is -2.33. The molecule has 0 spiro atoms. The van der Waals surface area contributed by atoms with Crippen LogP contribution < -0.4 is 0 Å². The Balaban J connectivity index is 1.86. The molecule has 0 bridgehead atoms. The average Bonchev–Trinajstić information content (AvgIpc) is 3.07. The molecule has 134 valence electrons. The molecule has 2 aromatic carbocycles. The van der Waals surface area contributed by atoms with Crippen LogP contribution in [0.25, 0.3) is 0 Å². The van der Waals surface area contributed by atoms with Crippen molar-refractivity contribution in [1.29, 1.82) is 0 Å². The molecule has 1 fully saturated rings. The van der Waals surface area contributed by atoms with Crippen LogP contribution in [-0.2, 0) is 14.9 Å². The number of rotatable bonds is 5. The highest BCUT2D eigenvalue weighted by molar-refractivity contribution is 5.92. The van der Waals surface area contributed by atoms with Crippen molar-refractivity contribution in [3.63, 3.8) is 0 Å². The summed E-state index contributed by atoms with van der Waals surface area (Å²) in [5.74, 6) is -0.601. The lowest BCUT2D eigenvalue weighted by Crippen LogP contribution is -2.43. The quantitative estimate of drug-likeness (QED) is 0.463. The number of nitrogens with zero attached hydrogens (tertiary/aromatic N) is 1. The number of nitro benzene ring substituents is 1. The molecular formula is C20H19NO5. The van der Waals surface area contributed by atoms with Crippen LogP contribution in [0.4, 0.5) is 5.69 Å². The minimum Gasteiger partial charge on any atom is -0.457 e. The number of hydrogen-bond donors (Lipinski definition) is 0. The van der Waals surface area contributed by atoms with Crippen molar-refractivity contribution in [1.82, 2.24) is 0 Å². The maximum Gasteiger partial charge on any atom is 0.338 e. The van der Waals surface area contributed by atoms with Crippen LogP contribution in [0.15, 0.2) is 54.6 Å². The van der Waals surface area contributed by atoms with Crippen molar-refractivity contribution in [3.8, 4) is 0 Å². The Hall–Kier alpha value is -3.02. The monoisotopic (exact) mass is 353 g/mol. The molecule has 0 unspecified atom stereocenters. The van der Waals surface area contributed by atoms with E-state index in [1.807, 2.05) is 30.3 Å². The van der Waals surface area contributed by atoms with E-state index in [0.29, 0.717) is 12.8 Å². The summed E-state index contributed by atoms with van der Waals surface area (Å²) in [4.78, 5) is 35.3. The van der Waals surface area contributed by atoms with Gasteiger partial charge in [-0.2, -0.15) is 0 Å². The van der Waals surface area contributed by atoms with Gasteiger partial charge in [-0.25, -0.2) is 4.79 Å². The Kier molecular flexibility index (Phi) is 4.84. The number of carbonyl (C=O) groups is 2. The molecule has 0 radical (unpaired) electrons. The zero-order valence-corrected chi connectivity index (χ0v) is 14.4. The molecule has 6 heteroatoms. The van der Waals surface area contributed by atoms with E-state index >= 15 is 0 Å². The van der Waals surface area contributed by atoms with Gasteiger partial charge in [0.2, 0.25) is 0 Å². The van der Waals surface area contributed by atoms with E-state index in [1.165, 1.54) is 31.2 Å². The van der Waals surface area contributed by atoms with Crippen molar-refractivity contribution in [2.75, 3.05) is 0 Å². The minimum absolute atomic E-state index is 0.0253. The molecule has 0 aromatic heterocycles. The van der Waals surface area contributed by atoms with Crippen LogP contribution in [-0.4, -0.2) is 22.8 Å². The first-order valence-corrected chi connectivity index (χ1v) is 8.47. The maximum atomic E-state index is 12.6. The summed E-state index contributed by atoms with van der Waals surface area (Å²) in [6, 6.07) is 14.7. The second kappa shape index (κ2) is 7.07. The van der Waals surface area contributed by atoms with Crippen LogP contribution in [0.5, 0.6) is 0 Å². The molecule has 6 nitrogen and oxygen atoms in total. The van der Waals surface area contributed by atoms with Crippen molar-refractivity contribution in [2.45, 2.75) is 37.7 Å². The van der Waals surface area contributed by atoms with Gasteiger partial charge in [-0.15, -0.1) is 0 Å². The number of nitro groups is 1. The molecule has 1 aliphatic carbocycles. The van der Waals surface area contributed by atoms with Crippen LogP contribution in [0.2, 0.25) is 0 Å². The predicted molar refractivity (Wildman–Crippen MR) is 95.0 cm³/mol. The van der Waals surface area contributed by atoms with Gasteiger partial charge in [0.25, 0.3) is 5.69 Å². The fourth-order valence-corrected chi connectivity index (χ4v) is 3.72. The molecule has 1 aliphatic rings. The van der Waals surface area contributed by atoms with E-state index in [4.69, 9.17) is 4.74 Å². The molecule has 0 amide bonds. The van der Waals surface area contributed by atoms with E-state index in [2.05, 4.69) is 0 Å². The van der Waals surface area contributed by atoms with Gasteiger partial charge >= 0.3 is 5.97 Å². The zero-order chi connectivity index (χ0) is 18.7. The molecule has 3 rings (SSSR count). The summed E-state index contributed by atoms with van der Waals surface area (Å²) < 4.78 is 5.70. The maximum absolute atomic E-state index is 12.6. The van der Waals surface area contributed by atoms with Crippen molar-refractivity contribution >= 4 is 17.4 Å². The van der Waals surface area contributed by atoms with Crippen LogP contribution in [0.3, 0.4) is 0 Å². The normalized spacial score (nSPS) is 22.0. The number of Topliss-reactive ketones (excluding diaryl/α,β-unsaturated/α-hetero) is 1. The van der Waals surface area contributed by atoms with E-state index in [-0.39, 0.29) is 17.0 Å². The first-order chi connectivity index (χ1) is 12.4. The number of benzene rings is 2. The van der Waals surface area contributed by atoms with Gasteiger partial charge in [0.05, 0.1) is 15.9 Å². The third-order valence-electron chi connectivity index (χ3n) is 5.07. The lowest BCUT2D eigenvalue weighted by atomic mass is 9.74. The van der Waals surface area contributed by atoms with Gasteiger partial charge in [-0.1, -0.05) is 30.3 Å². The first-order valence-electron chi connectivity index (χ1n) is 8.47. The summed E-state index contributed by atoms with van der Waals surface area (Å²) >= 11 is 0. The number of ether oxygens (including phenoxy) is 1. The smallest absolute Gasteiger partial charge is 0.338 e. The van der Waals surface area contributed by atoms with E-state index in [1.54, 1.807) is 0 Å². The van der Waals surface area contributed by atoms with E-state index in [9.17, 15) is 19.7 Å². The Labute approximate surface area is 150 Å². The average molecular weight is 353 g/mol. The van der Waals surface area contributed by atoms with Crippen molar-refractivity contribution < 1.29 is 19.2 Å². The summed E-state index contributed by atoms with van der Waals surface area (Å²) in [6.07, 6.45) is 1.47. The first kappa shape index (κ1) is 17.8. The standard InChI is InChI=1S/C20H19NO5/c1-14(22)20(16-6-3-2-4-7-16)13-5-8-18(20)26-19(23)15-9-11-17(12-10-15)21(24)25/h2-4,6-7,9-12,18H,5,8,13H2,1H3/t18-,20+/m1/s1. The van der Waals surface area contributed by atoms with Gasteiger partial charge in [0, 0.05) is 12.1 Å². The minimum atomic E-state index is -0.836. The number of ketones is 1. The van der Waals surface area contributed by atoms with E-state index < -0.39 is 22.4 Å².